The number of benzene rings is 7. The Bertz CT molecular complexity index is 1810. The van der Waals surface area contributed by atoms with Gasteiger partial charge in [0.1, 0.15) is 0 Å². The van der Waals surface area contributed by atoms with Crippen LogP contribution in [0.5, 0.6) is 0 Å². The fourth-order valence-corrected chi connectivity index (χ4v) is 5.57. The van der Waals surface area contributed by atoms with Crippen LogP contribution in [0.1, 0.15) is 0 Å². The van der Waals surface area contributed by atoms with E-state index in [0.29, 0.717) is 0 Å². The number of hydrogen-bond acceptors (Lipinski definition) is 3. The van der Waals surface area contributed by atoms with Crippen LogP contribution in [0.3, 0.4) is 0 Å². The molecule has 0 spiro atoms. The SMILES string of the molecule is c1ccc(-c2ccc(Nc3cc(Nc4ccc(-c5ccccc5)cc4)cc(N(c4ccccc4)c4ccccc4)c3)cc2)cc1. The molecule has 3 nitrogen and oxygen atoms in total. The monoisotopic (exact) mass is 579 g/mol. The predicted octanol–water partition coefficient (Wildman–Crippen LogP) is 12.0. The van der Waals surface area contributed by atoms with E-state index in [0.717, 1.165) is 39.8 Å². The average Bonchev–Trinajstić information content (AvgIpc) is 3.11. The molecule has 0 aromatic heterocycles. The summed E-state index contributed by atoms with van der Waals surface area (Å²) in [5, 5.41) is 7.34. The van der Waals surface area contributed by atoms with Crippen LogP contribution < -0.4 is 15.5 Å². The zero-order valence-electron chi connectivity index (χ0n) is 24.8. The maximum Gasteiger partial charge on any atom is 0.0502 e. The lowest BCUT2D eigenvalue weighted by molar-refractivity contribution is 1.28. The van der Waals surface area contributed by atoms with E-state index in [1.54, 1.807) is 0 Å². The highest BCUT2D eigenvalue weighted by Crippen LogP contribution is 2.39. The number of para-hydroxylation sites is 2. The molecule has 0 aliphatic rings. The Morgan fingerprint density at radius 1 is 0.267 bits per heavy atom. The molecule has 0 saturated heterocycles. The molecule has 7 rings (SSSR count). The maximum atomic E-state index is 3.67. The molecule has 0 unspecified atom stereocenters. The van der Waals surface area contributed by atoms with Gasteiger partial charge in [-0.1, -0.05) is 121 Å². The van der Waals surface area contributed by atoms with Crippen LogP contribution in [0.4, 0.5) is 39.8 Å². The van der Waals surface area contributed by atoms with Crippen molar-refractivity contribution in [1.29, 1.82) is 0 Å². The van der Waals surface area contributed by atoms with Crippen LogP contribution in [0, 0.1) is 0 Å². The van der Waals surface area contributed by atoms with Gasteiger partial charge in [-0.2, -0.15) is 0 Å². The van der Waals surface area contributed by atoms with E-state index < -0.39 is 0 Å². The first-order valence-corrected chi connectivity index (χ1v) is 15.2. The lowest BCUT2D eigenvalue weighted by Gasteiger charge is -2.27. The van der Waals surface area contributed by atoms with Crippen LogP contribution in [0.25, 0.3) is 22.3 Å². The molecule has 45 heavy (non-hydrogen) atoms. The molecule has 0 bridgehead atoms. The van der Waals surface area contributed by atoms with Crippen molar-refractivity contribution in [1.82, 2.24) is 0 Å². The summed E-state index contributed by atoms with van der Waals surface area (Å²) in [7, 11) is 0. The second-order valence-electron chi connectivity index (χ2n) is 10.9. The third-order valence-electron chi connectivity index (χ3n) is 7.77. The molecule has 0 saturated carbocycles. The van der Waals surface area contributed by atoms with Gasteiger partial charge in [0, 0.05) is 34.1 Å². The minimum Gasteiger partial charge on any atom is -0.355 e. The molecule has 7 aromatic carbocycles. The smallest absolute Gasteiger partial charge is 0.0502 e. The zero-order chi connectivity index (χ0) is 30.3. The minimum atomic E-state index is 0.986. The summed E-state index contributed by atoms with van der Waals surface area (Å²) >= 11 is 0. The van der Waals surface area contributed by atoms with Gasteiger partial charge in [-0.05, 0) is 89.0 Å². The van der Waals surface area contributed by atoms with Crippen molar-refractivity contribution in [2.24, 2.45) is 0 Å². The van der Waals surface area contributed by atoms with Crippen molar-refractivity contribution in [3.63, 3.8) is 0 Å². The number of anilines is 7. The molecule has 0 aliphatic carbocycles. The first kappa shape index (κ1) is 27.8. The lowest BCUT2D eigenvalue weighted by Crippen LogP contribution is -2.10. The van der Waals surface area contributed by atoms with Crippen molar-refractivity contribution >= 4 is 39.8 Å². The Hall–Kier alpha value is -6.06. The minimum absolute atomic E-state index is 0.986. The fourth-order valence-electron chi connectivity index (χ4n) is 5.57. The third-order valence-corrected chi connectivity index (χ3v) is 7.77. The highest BCUT2D eigenvalue weighted by atomic mass is 15.1. The van der Waals surface area contributed by atoms with Gasteiger partial charge in [0.25, 0.3) is 0 Å². The molecular formula is C42H33N3. The second kappa shape index (κ2) is 13.1. The van der Waals surface area contributed by atoms with Crippen molar-refractivity contribution in [2.75, 3.05) is 15.5 Å². The molecule has 7 aromatic rings. The quantitative estimate of drug-likeness (QED) is 0.178. The van der Waals surface area contributed by atoms with E-state index in [9.17, 15) is 0 Å². The van der Waals surface area contributed by atoms with E-state index in [-0.39, 0.29) is 0 Å². The maximum absolute atomic E-state index is 3.67. The topological polar surface area (TPSA) is 27.3 Å². The molecule has 3 heteroatoms. The van der Waals surface area contributed by atoms with Crippen molar-refractivity contribution < 1.29 is 0 Å². The summed E-state index contributed by atoms with van der Waals surface area (Å²) in [6.45, 7) is 0. The number of nitrogens with zero attached hydrogens (tertiary/aromatic N) is 1. The van der Waals surface area contributed by atoms with Gasteiger partial charge in [-0.25, -0.2) is 0 Å². The molecule has 216 valence electrons. The Balaban J connectivity index is 1.25. The Kier molecular flexibility index (Phi) is 8.06. The molecule has 0 heterocycles. The average molecular weight is 580 g/mol. The Morgan fingerprint density at radius 2 is 0.600 bits per heavy atom. The number of hydrogen-bond donors (Lipinski definition) is 2. The molecule has 0 aliphatic heterocycles. The van der Waals surface area contributed by atoms with E-state index >= 15 is 0 Å². The van der Waals surface area contributed by atoms with Gasteiger partial charge in [0.2, 0.25) is 0 Å². The van der Waals surface area contributed by atoms with Crippen molar-refractivity contribution in [2.45, 2.75) is 0 Å². The highest BCUT2D eigenvalue weighted by molar-refractivity contribution is 5.83. The van der Waals surface area contributed by atoms with Crippen LogP contribution in [0.2, 0.25) is 0 Å². The summed E-state index contributed by atoms with van der Waals surface area (Å²) in [5.74, 6) is 0. The van der Waals surface area contributed by atoms with E-state index in [1.165, 1.54) is 22.3 Å². The summed E-state index contributed by atoms with van der Waals surface area (Å²) in [6, 6.07) is 65.7. The van der Waals surface area contributed by atoms with Gasteiger partial charge in [0.15, 0.2) is 0 Å². The highest BCUT2D eigenvalue weighted by Gasteiger charge is 2.14. The second-order valence-corrected chi connectivity index (χ2v) is 10.9. The Morgan fingerprint density at radius 3 is 0.978 bits per heavy atom. The number of nitrogens with one attached hydrogen (secondary N) is 2. The van der Waals surface area contributed by atoms with Crippen LogP contribution in [0.15, 0.2) is 188 Å². The molecule has 0 radical (unpaired) electrons. The van der Waals surface area contributed by atoms with Gasteiger partial charge in [-0.15, -0.1) is 0 Å². The van der Waals surface area contributed by atoms with Gasteiger partial charge in [-0.3, -0.25) is 0 Å². The van der Waals surface area contributed by atoms with Crippen molar-refractivity contribution in [3.05, 3.63) is 188 Å². The summed E-state index contributed by atoms with van der Waals surface area (Å²) in [4.78, 5) is 2.29. The van der Waals surface area contributed by atoms with E-state index in [2.05, 4.69) is 191 Å². The van der Waals surface area contributed by atoms with Gasteiger partial charge in [0.05, 0.1) is 5.69 Å². The fraction of sp³-hybridized carbons (Fsp3) is 0. The molecule has 0 fully saturated rings. The zero-order valence-corrected chi connectivity index (χ0v) is 24.8. The summed E-state index contributed by atoms with van der Waals surface area (Å²) in [6.07, 6.45) is 0. The standard InChI is InChI=1S/C42H33N3/c1-5-13-32(14-6-1)34-21-25-36(26-22-34)43-38-29-39(44-37-27-23-35(24-28-37)33-15-7-2-8-16-33)31-42(30-38)45(40-17-9-3-10-18-40)41-19-11-4-12-20-41/h1-31,43-44H. The Labute approximate surface area is 265 Å². The van der Waals surface area contributed by atoms with E-state index in [4.69, 9.17) is 0 Å². The van der Waals surface area contributed by atoms with Crippen LogP contribution in [-0.2, 0) is 0 Å². The van der Waals surface area contributed by atoms with Crippen LogP contribution >= 0.6 is 0 Å². The molecule has 0 amide bonds. The van der Waals surface area contributed by atoms with Crippen molar-refractivity contribution in [3.8, 4) is 22.3 Å². The molecule has 2 N–H and O–H groups in total. The first-order chi connectivity index (χ1) is 22.3. The normalized spacial score (nSPS) is 10.7. The van der Waals surface area contributed by atoms with Crippen LogP contribution in [-0.4, -0.2) is 0 Å². The molecule has 0 atom stereocenters. The summed E-state index contributed by atoms with van der Waals surface area (Å²) in [5.41, 5.74) is 12.0. The number of rotatable bonds is 9. The largest absolute Gasteiger partial charge is 0.355 e. The third kappa shape index (κ3) is 6.64. The van der Waals surface area contributed by atoms with E-state index in [1.807, 2.05) is 12.1 Å². The lowest BCUT2D eigenvalue weighted by atomic mass is 10.1. The molecular weight excluding hydrogens is 546 g/mol. The first-order valence-electron chi connectivity index (χ1n) is 15.2. The predicted molar refractivity (Wildman–Crippen MR) is 191 cm³/mol. The summed E-state index contributed by atoms with van der Waals surface area (Å²) < 4.78 is 0. The van der Waals surface area contributed by atoms with Gasteiger partial charge < -0.3 is 15.5 Å². The van der Waals surface area contributed by atoms with Gasteiger partial charge >= 0.3 is 0 Å².